The largest absolute Gasteiger partial charge is 0.422 e. The highest BCUT2D eigenvalue weighted by atomic mass is 16.6. The number of carbonyl (C=O) groups excluding carboxylic acids is 2. The van der Waals surface area contributed by atoms with Gasteiger partial charge < -0.3 is 9.64 Å². The van der Waals surface area contributed by atoms with E-state index in [1.807, 2.05) is 12.1 Å². The monoisotopic (exact) mass is 356 g/mol. The van der Waals surface area contributed by atoms with E-state index in [4.69, 9.17) is 4.74 Å². The highest BCUT2D eigenvalue weighted by Crippen LogP contribution is 2.22. The van der Waals surface area contributed by atoms with Crippen molar-refractivity contribution in [3.8, 4) is 0 Å². The summed E-state index contributed by atoms with van der Waals surface area (Å²) in [5.41, 5.74) is 2.01. The lowest BCUT2D eigenvalue weighted by molar-refractivity contribution is -0.122. The maximum atomic E-state index is 12.2. The van der Waals surface area contributed by atoms with Crippen LogP contribution in [0.5, 0.6) is 0 Å². The molecule has 140 valence electrons. The van der Waals surface area contributed by atoms with Crippen LogP contribution in [-0.2, 0) is 9.53 Å². The fourth-order valence-electron chi connectivity index (χ4n) is 2.79. The van der Waals surface area contributed by atoms with Crippen molar-refractivity contribution in [3.05, 3.63) is 48.2 Å². The van der Waals surface area contributed by atoms with Gasteiger partial charge in [-0.25, -0.2) is 9.69 Å². The second kappa shape index (κ2) is 9.80. The van der Waals surface area contributed by atoms with Gasteiger partial charge >= 0.3 is 6.09 Å². The molecule has 0 aliphatic carbocycles. The number of ether oxygens (including phenoxy) is 1. The quantitative estimate of drug-likeness (QED) is 0.454. The van der Waals surface area contributed by atoms with Crippen LogP contribution >= 0.6 is 0 Å². The average Bonchev–Trinajstić information content (AvgIpc) is 2.90. The molecule has 1 heterocycles. The molecule has 1 aromatic carbocycles. The van der Waals surface area contributed by atoms with Gasteiger partial charge in [-0.1, -0.05) is 44.9 Å². The summed E-state index contributed by atoms with van der Waals surface area (Å²) in [5, 5.41) is 0. The van der Waals surface area contributed by atoms with Gasteiger partial charge in [-0.3, -0.25) is 4.79 Å². The number of cyclic esters (lactones) is 1. The number of carbonyl (C=O) groups is 2. The van der Waals surface area contributed by atoms with Gasteiger partial charge in [0.15, 0.2) is 5.76 Å². The number of amides is 2. The number of benzene rings is 1. The average molecular weight is 356 g/mol. The molecule has 0 radical (unpaired) electrons. The van der Waals surface area contributed by atoms with Crippen LogP contribution in [0.2, 0.25) is 0 Å². The minimum Gasteiger partial charge on any atom is -0.404 e. The first-order valence-corrected chi connectivity index (χ1v) is 9.32. The topological polar surface area (TPSA) is 49.9 Å². The van der Waals surface area contributed by atoms with Crippen LogP contribution in [0.4, 0.5) is 10.5 Å². The van der Waals surface area contributed by atoms with Crippen LogP contribution in [-0.4, -0.2) is 36.5 Å². The molecule has 0 bridgehead atoms. The summed E-state index contributed by atoms with van der Waals surface area (Å²) in [4.78, 5) is 27.3. The van der Waals surface area contributed by atoms with Crippen molar-refractivity contribution in [1.82, 2.24) is 4.90 Å². The van der Waals surface area contributed by atoms with Crippen LogP contribution in [0.25, 0.3) is 6.08 Å². The molecule has 0 unspecified atom stereocenters. The smallest absolute Gasteiger partial charge is 0.404 e. The Bertz CT molecular complexity index is 656. The molecule has 0 aromatic heterocycles. The van der Waals surface area contributed by atoms with Gasteiger partial charge in [0, 0.05) is 18.8 Å². The van der Waals surface area contributed by atoms with Crippen molar-refractivity contribution in [2.45, 2.75) is 39.5 Å². The van der Waals surface area contributed by atoms with Gasteiger partial charge in [0.25, 0.3) is 5.91 Å². The van der Waals surface area contributed by atoms with E-state index < -0.39 is 12.0 Å². The van der Waals surface area contributed by atoms with Crippen molar-refractivity contribution >= 4 is 23.8 Å². The third-order valence-electron chi connectivity index (χ3n) is 4.30. The number of hydrogen-bond donors (Lipinski definition) is 0. The van der Waals surface area contributed by atoms with Crippen molar-refractivity contribution in [2.24, 2.45) is 0 Å². The van der Waals surface area contributed by atoms with E-state index in [2.05, 4.69) is 37.5 Å². The first-order valence-electron chi connectivity index (χ1n) is 9.32. The van der Waals surface area contributed by atoms with Crippen molar-refractivity contribution < 1.29 is 14.3 Å². The highest BCUT2D eigenvalue weighted by molar-refractivity contribution is 6.10. The second-order valence-corrected chi connectivity index (χ2v) is 6.37. The molecule has 1 aromatic rings. The SMILES string of the molecule is C=CCN1C(=O)O/C(=C\c2ccc(N(CCCC)CCCC)cc2)C1=O. The minimum absolute atomic E-state index is 0.0541. The van der Waals surface area contributed by atoms with Gasteiger partial charge in [0.1, 0.15) is 0 Å². The molecule has 1 aliphatic rings. The molecule has 1 saturated heterocycles. The van der Waals surface area contributed by atoms with Gasteiger partial charge in [0.05, 0.1) is 6.54 Å². The molecule has 0 saturated carbocycles. The zero-order valence-electron chi connectivity index (χ0n) is 15.7. The summed E-state index contributed by atoms with van der Waals surface area (Å²) >= 11 is 0. The third kappa shape index (κ3) is 4.97. The van der Waals surface area contributed by atoms with Gasteiger partial charge in [-0.05, 0) is 36.6 Å². The van der Waals surface area contributed by atoms with E-state index in [1.165, 1.54) is 37.4 Å². The Hall–Kier alpha value is -2.56. The lowest BCUT2D eigenvalue weighted by Crippen LogP contribution is -2.28. The fraction of sp³-hybridized carbons (Fsp3) is 0.429. The van der Waals surface area contributed by atoms with Crippen molar-refractivity contribution in [1.29, 1.82) is 0 Å². The lowest BCUT2D eigenvalue weighted by atomic mass is 10.1. The third-order valence-corrected chi connectivity index (χ3v) is 4.30. The van der Waals surface area contributed by atoms with Gasteiger partial charge in [0.2, 0.25) is 0 Å². The number of hydrogen-bond acceptors (Lipinski definition) is 4. The van der Waals surface area contributed by atoms with E-state index >= 15 is 0 Å². The highest BCUT2D eigenvalue weighted by Gasteiger charge is 2.35. The molecular formula is C21H28N2O3. The number of imide groups is 1. The Morgan fingerprint density at radius 1 is 1.08 bits per heavy atom. The van der Waals surface area contributed by atoms with Crippen molar-refractivity contribution in [2.75, 3.05) is 24.5 Å². The maximum Gasteiger partial charge on any atom is 0.422 e. The molecule has 5 heteroatoms. The van der Waals surface area contributed by atoms with Crippen LogP contribution in [0.15, 0.2) is 42.7 Å². The molecule has 0 N–H and O–H groups in total. The zero-order chi connectivity index (χ0) is 18.9. The van der Waals surface area contributed by atoms with E-state index in [1.54, 1.807) is 6.08 Å². The predicted octanol–water partition coefficient (Wildman–Crippen LogP) is 4.60. The number of unbranched alkanes of at least 4 members (excludes halogenated alkanes) is 2. The minimum atomic E-state index is -0.650. The summed E-state index contributed by atoms with van der Waals surface area (Å²) in [6.07, 6.45) is 7.12. The molecular weight excluding hydrogens is 328 g/mol. The summed E-state index contributed by atoms with van der Waals surface area (Å²) in [5.74, 6) is -0.370. The number of nitrogens with zero attached hydrogens (tertiary/aromatic N) is 2. The normalized spacial score (nSPS) is 15.5. The van der Waals surface area contributed by atoms with Gasteiger partial charge in [-0.2, -0.15) is 0 Å². The summed E-state index contributed by atoms with van der Waals surface area (Å²) in [6, 6.07) is 8.01. The van der Waals surface area contributed by atoms with E-state index in [9.17, 15) is 9.59 Å². The molecule has 1 aliphatic heterocycles. The van der Waals surface area contributed by atoms with Gasteiger partial charge in [-0.15, -0.1) is 6.58 Å². The predicted molar refractivity (Wildman–Crippen MR) is 105 cm³/mol. The van der Waals surface area contributed by atoms with Crippen LogP contribution in [0.1, 0.15) is 45.1 Å². The van der Waals surface area contributed by atoms with E-state index in [0.717, 1.165) is 23.6 Å². The Morgan fingerprint density at radius 2 is 1.69 bits per heavy atom. The fourth-order valence-corrected chi connectivity index (χ4v) is 2.79. The maximum absolute atomic E-state index is 12.2. The Balaban J connectivity index is 2.11. The Morgan fingerprint density at radius 3 is 2.23 bits per heavy atom. The summed E-state index contributed by atoms with van der Waals surface area (Å²) in [7, 11) is 0. The summed E-state index contributed by atoms with van der Waals surface area (Å²) < 4.78 is 5.07. The zero-order valence-corrected chi connectivity index (χ0v) is 15.7. The van der Waals surface area contributed by atoms with Crippen LogP contribution in [0.3, 0.4) is 0 Å². The van der Waals surface area contributed by atoms with Crippen LogP contribution < -0.4 is 4.90 Å². The standard InChI is InChI=1S/C21H28N2O3/c1-4-7-14-22(15-8-5-2)18-11-9-17(10-12-18)16-19-20(24)23(13-6-3)21(25)26-19/h6,9-12,16H,3-5,7-8,13-15H2,1-2H3/b19-16-. The molecule has 5 nitrogen and oxygen atoms in total. The summed E-state index contributed by atoms with van der Waals surface area (Å²) in [6.45, 7) is 10.2. The van der Waals surface area contributed by atoms with E-state index in [-0.39, 0.29) is 12.3 Å². The molecule has 2 amide bonds. The first kappa shape index (κ1) is 19.8. The first-order chi connectivity index (χ1) is 12.6. The van der Waals surface area contributed by atoms with Crippen molar-refractivity contribution in [3.63, 3.8) is 0 Å². The number of rotatable bonds is 10. The Kier molecular flexibility index (Phi) is 7.45. The number of anilines is 1. The Labute approximate surface area is 155 Å². The molecule has 2 rings (SSSR count). The van der Waals surface area contributed by atoms with E-state index in [0.29, 0.717) is 0 Å². The molecule has 0 spiro atoms. The van der Waals surface area contributed by atoms with Crippen LogP contribution in [0, 0.1) is 0 Å². The molecule has 1 fully saturated rings. The lowest BCUT2D eigenvalue weighted by Gasteiger charge is -2.24. The molecule has 26 heavy (non-hydrogen) atoms. The second-order valence-electron chi connectivity index (χ2n) is 6.37. The molecule has 0 atom stereocenters.